The minimum atomic E-state index is 0.470. The SMILES string of the molecule is Nc1cn(-c2ccc(Cl)c(Cl)c2)nc1-c1ccccn1. The largest absolute Gasteiger partial charge is 0.396 e. The third-order valence-electron chi connectivity index (χ3n) is 2.82. The van der Waals surface area contributed by atoms with Gasteiger partial charge in [-0.3, -0.25) is 4.98 Å². The quantitative estimate of drug-likeness (QED) is 0.783. The molecular weight excluding hydrogens is 295 g/mol. The molecule has 0 spiro atoms. The van der Waals surface area contributed by atoms with Crippen LogP contribution in [0.15, 0.2) is 48.8 Å². The van der Waals surface area contributed by atoms with E-state index in [2.05, 4.69) is 10.1 Å². The summed E-state index contributed by atoms with van der Waals surface area (Å²) in [6.07, 6.45) is 3.43. The van der Waals surface area contributed by atoms with Gasteiger partial charge in [-0.15, -0.1) is 0 Å². The molecule has 0 unspecified atom stereocenters. The number of pyridine rings is 1. The molecule has 2 aromatic heterocycles. The number of aromatic nitrogens is 3. The van der Waals surface area contributed by atoms with E-state index in [1.54, 1.807) is 29.2 Å². The maximum atomic E-state index is 6.01. The van der Waals surface area contributed by atoms with Crippen molar-refractivity contribution in [2.24, 2.45) is 0 Å². The molecule has 0 amide bonds. The molecule has 1 aromatic carbocycles. The van der Waals surface area contributed by atoms with Gasteiger partial charge in [0.2, 0.25) is 0 Å². The highest BCUT2D eigenvalue weighted by atomic mass is 35.5. The van der Waals surface area contributed by atoms with Crippen molar-refractivity contribution in [1.82, 2.24) is 14.8 Å². The Morgan fingerprint density at radius 2 is 1.90 bits per heavy atom. The number of nitrogens with two attached hydrogens (primary N) is 1. The van der Waals surface area contributed by atoms with Crippen molar-refractivity contribution in [3.05, 3.63) is 58.8 Å². The predicted octanol–water partition coefficient (Wildman–Crippen LogP) is 3.82. The molecule has 2 N–H and O–H groups in total. The molecule has 0 fully saturated rings. The first-order valence-corrected chi connectivity index (χ1v) is 6.63. The monoisotopic (exact) mass is 304 g/mol. The van der Waals surface area contributed by atoms with Gasteiger partial charge in [0.1, 0.15) is 5.69 Å². The van der Waals surface area contributed by atoms with E-state index in [1.807, 2.05) is 24.3 Å². The molecule has 0 saturated carbocycles. The fourth-order valence-electron chi connectivity index (χ4n) is 1.85. The van der Waals surface area contributed by atoms with Gasteiger partial charge in [-0.1, -0.05) is 29.3 Å². The molecule has 0 aliphatic rings. The van der Waals surface area contributed by atoms with Gasteiger partial charge >= 0.3 is 0 Å². The van der Waals surface area contributed by atoms with Crippen LogP contribution in [0.2, 0.25) is 10.0 Å². The lowest BCUT2D eigenvalue weighted by Gasteiger charge is -2.02. The van der Waals surface area contributed by atoms with Crippen LogP contribution in [0.4, 0.5) is 5.69 Å². The zero-order valence-electron chi connectivity index (χ0n) is 10.3. The number of hydrogen-bond donors (Lipinski definition) is 1. The van der Waals surface area contributed by atoms with Crippen molar-refractivity contribution in [1.29, 1.82) is 0 Å². The molecule has 2 heterocycles. The summed E-state index contributed by atoms with van der Waals surface area (Å²) in [6.45, 7) is 0. The first-order chi connectivity index (χ1) is 9.65. The van der Waals surface area contributed by atoms with Crippen LogP contribution < -0.4 is 5.73 Å². The summed E-state index contributed by atoms with van der Waals surface area (Å²) in [6, 6.07) is 10.9. The second kappa shape index (κ2) is 5.15. The molecule has 0 saturated heterocycles. The van der Waals surface area contributed by atoms with Crippen LogP contribution in [-0.4, -0.2) is 14.8 Å². The summed E-state index contributed by atoms with van der Waals surface area (Å²) in [5, 5.41) is 5.42. The van der Waals surface area contributed by atoms with Crippen molar-refractivity contribution in [2.75, 3.05) is 5.73 Å². The van der Waals surface area contributed by atoms with Gasteiger partial charge in [0.05, 0.1) is 33.3 Å². The Balaban J connectivity index is 2.06. The molecule has 100 valence electrons. The lowest BCUT2D eigenvalue weighted by molar-refractivity contribution is 0.882. The first kappa shape index (κ1) is 13.0. The molecule has 0 bridgehead atoms. The van der Waals surface area contributed by atoms with E-state index < -0.39 is 0 Å². The van der Waals surface area contributed by atoms with Crippen molar-refractivity contribution in [2.45, 2.75) is 0 Å². The van der Waals surface area contributed by atoms with Crippen molar-refractivity contribution < 1.29 is 0 Å². The highest BCUT2D eigenvalue weighted by Gasteiger charge is 2.11. The van der Waals surface area contributed by atoms with Gasteiger partial charge in [0.15, 0.2) is 0 Å². The van der Waals surface area contributed by atoms with Crippen LogP contribution >= 0.6 is 23.2 Å². The van der Waals surface area contributed by atoms with Crippen LogP contribution in [0.3, 0.4) is 0 Å². The number of benzene rings is 1. The highest BCUT2D eigenvalue weighted by Crippen LogP contribution is 2.27. The van der Waals surface area contributed by atoms with E-state index in [4.69, 9.17) is 28.9 Å². The number of nitrogens with zero attached hydrogens (tertiary/aromatic N) is 3. The fourth-order valence-corrected chi connectivity index (χ4v) is 2.14. The zero-order chi connectivity index (χ0) is 14.1. The van der Waals surface area contributed by atoms with Crippen LogP contribution in [0.25, 0.3) is 17.1 Å². The molecule has 20 heavy (non-hydrogen) atoms. The molecule has 0 aliphatic carbocycles. The molecule has 0 radical (unpaired) electrons. The van der Waals surface area contributed by atoms with Crippen molar-refractivity contribution in [3.63, 3.8) is 0 Å². The Labute approximate surface area is 125 Å². The van der Waals surface area contributed by atoms with Crippen LogP contribution in [0.5, 0.6) is 0 Å². The number of halogens is 2. The Hall–Kier alpha value is -2.04. The van der Waals surface area contributed by atoms with E-state index in [-0.39, 0.29) is 0 Å². The van der Waals surface area contributed by atoms with E-state index in [0.717, 1.165) is 11.4 Å². The van der Waals surface area contributed by atoms with Gasteiger partial charge in [-0.2, -0.15) is 5.10 Å². The van der Waals surface area contributed by atoms with Gasteiger partial charge < -0.3 is 5.73 Å². The molecule has 4 nitrogen and oxygen atoms in total. The number of nitrogen functional groups attached to an aromatic ring is 1. The fraction of sp³-hybridized carbons (Fsp3) is 0. The van der Waals surface area contributed by atoms with E-state index in [9.17, 15) is 0 Å². The molecular formula is C14H10Cl2N4. The highest BCUT2D eigenvalue weighted by molar-refractivity contribution is 6.42. The van der Waals surface area contributed by atoms with Crippen LogP contribution in [0.1, 0.15) is 0 Å². The topological polar surface area (TPSA) is 56.7 Å². The second-order valence-corrected chi connectivity index (χ2v) is 5.01. The average molecular weight is 305 g/mol. The van der Waals surface area contributed by atoms with Crippen LogP contribution in [0, 0.1) is 0 Å². The van der Waals surface area contributed by atoms with E-state index in [1.165, 1.54) is 0 Å². The third kappa shape index (κ3) is 2.35. The summed E-state index contributed by atoms with van der Waals surface area (Å²) in [4.78, 5) is 4.25. The van der Waals surface area contributed by atoms with E-state index in [0.29, 0.717) is 21.4 Å². The lowest BCUT2D eigenvalue weighted by Crippen LogP contribution is -1.95. The maximum Gasteiger partial charge on any atom is 0.134 e. The van der Waals surface area contributed by atoms with E-state index >= 15 is 0 Å². The minimum absolute atomic E-state index is 0.470. The smallest absolute Gasteiger partial charge is 0.134 e. The Morgan fingerprint density at radius 1 is 1.05 bits per heavy atom. The summed E-state index contributed by atoms with van der Waals surface area (Å²) in [5.74, 6) is 0. The minimum Gasteiger partial charge on any atom is -0.396 e. The summed E-state index contributed by atoms with van der Waals surface area (Å²) < 4.78 is 1.65. The molecule has 0 aliphatic heterocycles. The molecule has 6 heteroatoms. The third-order valence-corrected chi connectivity index (χ3v) is 3.56. The van der Waals surface area contributed by atoms with Gasteiger partial charge in [-0.05, 0) is 30.3 Å². The summed E-state index contributed by atoms with van der Waals surface area (Å²) >= 11 is 11.9. The lowest BCUT2D eigenvalue weighted by atomic mass is 10.2. The number of rotatable bonds is 2. The number of hydrogen-bond acceptors (Lipinski definition) is 3. The van der Waals surface area contributed by atoms with Crippen LogP contribution in [-0.2, 0) is 0 Å². The Morgan fingerprint density at radius 3 is 2.60 bits per heavy atom. The van der Waals surface area contributed by atoms with Gasteiger partial charge in [0, 0.05) is 6.20 Å². The first-order valence-electron chi connectivity index (χ1n) is 5.87. The van der Waals surface area contributed by atoms with Gasteiger partial charge in [-0.25, -0.2) is 4.68 Å². The average Bonchev–Trinajstić information content (AvgIpc) is 2.85. The maximum absolute atomic E-state index is 6.01. The normalized spacial score (nSPS) is 10.7. The summed E-state index contributed by atoms with van der Waals surface area (Å²) in [5.41, 5.74) is 8.69. The molecule has 3 aromatic rings. The van der Waals surface area contributed by atoms with Crippen molar-refractivity contribution >= 4 is 28.9 Å². The second-order valence-electron chi connectivity index (χ2n) is 4.19. The number of anilines is 1. The Kier molecular flexibility index (Phi) is 3.34. The predicted molar refractivity (Wildman–Crippen MR) is 81.2 cm³/mol. The van der Waals surface area contributed by atoms with Crippen molar-refractivity contribution in [3.8, 4) is 17.1 Å². The zero-order valence-corrected chi connectivity index (χ0v) is 11.8. The molecule has 3 rings (SSSR count). The standard InChI is InChI=1S/C14H10Cl2N4/c15-10-5-4-9(7-11(10)16)20-8-12(17)14(19-20)13-3-1-2-6-18-13/h1-8H,17H2. The molecule has 0 atom stereocenters. The Bertz CT molecular complexity index is 753. The van der Waals surface area contributed by atoms with Gasteiger partial charge in [0.25, 0.3) is 0 Å². The summed E-state index contributed by atoms with van der Waals surface area (Å²) in [7, 11) is 0.